The fourth-order valence-electron chi connectivity index (χ4n) is 3.78. The van der Waals surface area contributed by atoms with Crippen molar-refractivity contribution >= 4 is 23.2 Å². The molecule has 0 aromatic heterocycles. The zero-order valence-electron chi connectivity index (χ0n) is 18.4. The summed E-state index contributed by atoms with van der Waals surface area (Å²) in [6.45, 7) is 4.25. The summed E-state index contributed by atoms with van der Waals surface area (Å²) in [5.74, 6) is -0.617. The van der Waals surface area contributed by atoms with Gasteiger partial charge in [0.15, 0.2) is 0 Å². The second-order valence-electron chi connectivity index (χ2n) is 8.18. The average Bonchev–Trinajstić information content (AvgIpc) is 2.94. The van der Waals surface area contributed by atoms with Crippen LogP contribution >= 0.6 is 0 Å². The predicted molar refractivity (Wildman–Crippen MR) is 123 cm³/mol. The molecule has 1 heterocycles. The van der Waals surface area contributed by atoms with Crippen LogP contribution in [0.15, 0.2) is 72.0 Å². The molecule has 0 spiro atoms. The van der Waals surface area contributed by atoms with E-state index in [0.717, 1.165) is 11.4 Å². The van der Waals surface area contributed by atoms with Crippen molar-refractivity contribution < 1.29 is 9.59 Å². The molecule has 0 aliphatic carbocycles. The third-order valence-electron chi connectivity index (χ3n) is 5.51. The number of benzene rings is 2. The van der Waals surface area contributed by atoms with Crippen molar-refractivity contribution in [2.45, 2.75) is 19.3 Å². The van der Waals surface area contributed by atoms with E-state index in [2.05, 4.69) is 36.2 Å². The first-order valence-corrected chi connectivity index (χ1v) is 9.95. The Balaban J connectivity index is 1.80. The van der Waals surface area contributed by atoms with Gasteiger partial charge in [-0.2, -0.15) is 5.26 Å². The van der Waals surface area contributed by atoms with Gasteiger partial charge in [-0.05, 0) is 48.0 Å². The van der Waals surface area contributed by atoms with Gasteiger partial charge < -0.3 is 15.1 Å². The molecule has 2 amide bonds. The molecule has 1 aliphatic rings. The molecular weight excluding hydrogens is 388 g/mol. The number of carbonyl (C=O) groups is 2. The third-order valence-corrected chi connectivity index (χ3v) is 5.51. The van der Waals surface area contributed by atoms with Crippen LogP contribution in [0.2, 0.25) is 0 Å². The number of hydrogen-bond donors (Lipinski definition) is 1. The first-order chi connectivity index (χ1) is 14.7. The second-order valence-corrected chi connectivity index (χ2v) is 8.18. The van der Waals surface area contributed by atoms with Gasteiger partial charge in [0.1, 0.15) is 11.6 Å². The molecule has 1 N–H and O–H groups in total. The minimum atomic E-state index is -0.498. The lowest BCUT2D eigenvalue weighted by atomic mass is 9.83. The minimum absolute atomic E-state index is 0.00102. The fraction of sp³-hybridized carbons (Fsp3) is 0.240. The molecule has 31 heavy (non-hydrogen) atoms. The summed E-state index contributed by atoms with van der Waals surface area (Å²) in [5, 5.41) is 12.2. The third kappa shape index (κ3) is 4.22. The highest BCUT2D eigenvalue weighted by molar-refractivity contribution is 6.07. The summed E-state index contributed by atoms with van der Waals surface area (Å²) in [7, 11) is 5.34. The lowest BCUT2D eigenvalue weighted by Gasteiger charge is -2.23. The second kappa shape index (κ2) is 8.49. The molecule has 158 valence electrons. The van der Waals surface area contributed by atoms with Crippen molar-refractivity contribution in [3.05, 3.63) is 83.1 Å². The van der Waals surface area contributed by atoms with Crippen molar-refractivity contribution in [1.29, 1.82) is 5.26 Å². The molecule has 0 bridgehead atoms. The maximum atomic E-state index is 12.6. The van der Waals surface area contributed by atoms with E-state index >= 15 is 0 Å². The van der Waals surface area contributed by atoms with Gasteiger partial charge in [0.2, 0.25) is 0 Å². The number of carbonyl (C=O) groups excluding carboxylic acids is 2. The van der Waals surface area contributed by atoms with Crippen molar-refractivity contribution in [3.8, 4) is 6.07 Å². The van der Waals surface area contributed by atoms with Crippen molar-refractivity contribution in [3.63, 3.8) is 0 Å². The smallest absolute Gasteiger partial charge is 0.266 e. The van der Waals surface area contributed by atoms with Crippen LogP contribution in [0, 0.1) is 11.3 Å². The molecule has 1 aliphatic heterocycles. The van der Waals surface area contributed by atoms with Crippen LogP contribution in [-0.2, 0) is 10.2 Å². The molecule has 2 aromatic carbocycles. The SMILES string of the molecule is CN(C)C(=O)c1ccc(NC(=O)/C(C#N)=C/C=C2/N(C)c3ccccc3C2(C)C)cc1. The summed E-state index contributed by atoms with van der Waals surface area (Å²) in [5.41, 5.74) is 4.11. The van der Waals surface area contributed by atoms with Crippen molar-refractivity contribution in [1.82, 2.24) is 4.90 Å². The number of hydrogen-bond acceptors (Lipinski definition) is 4. The van der Waals surface area contributed by atoms with Gasteiger partial charge in [0.25, 0.3) is 11.8 Å². The van der Waals surface area contributed by atoms with E-state index < -0.39 is 5.91 Å². The highest BCUT2D eigenvalue weighted by Gasteiger charge is 2.37. The molecule has 6 heteroatoms. The summed E-state index contributed by atoms with van der Waals surface area (Å²) < 4.78 is 0. The maximum Gasteiger partial charge on any atom is 0.266 e. The number of anilines is 2. The molecule has 0 saturated carbocycles. The van der Waals surface area contributed by atoms with Gasteiger partial charge in [-0.15, -0.1) is 0 Å². The van der Waals surface area contributed by atoms with Gasteiger partial charge in [0, 0.05) is 49.2 Å². The van der Waals surface area contributed by atoms with Crippen LogP contribution in [0.25, 0.3) is 0 Å². The van der Waals surface area contributed by atoms with E-state index in [1.54, 1.807) is 44.4 Å². The Kier molecular flexibility index (Phi) is 5.98. The summed E-state index contributed by atoms with van der Waals surface area (Å²) in [6.07, 6.45) is 3.38. The molecule has 0 fully saturated rings. The number of amides is 2. The largest absolute Gasteiger partial charge is 0.347 e. The normalized spacial score (nSPS) is 15.9. The van der Waals surface area contributed by atoms with Gasteiger partial charge in [-0.25, -0.2) is 0 Å². The van der Waals surface area contributed by atoms with Crippen LogP contribution in [0.5, 0.6) is 0 Å². The number of allylic oxidation sites excluding steroid dienone is 3. The maximum absolute atomic E-state index is 12.6. The fourth-order valence-corrected chi connectivity index (χ4v) is 3.78. The van der Waals surface area contributed by atoms with Crippen LogP contribution in [-0.4, -0.2) is 37.9 Å². The summed E-state index contributed by atoms with van der Waals surface area (Å²) in [6, 6.07) is 16.7. The molecular formula is C25H26N4O2. The Morgan fingerprint density at radius 3 is 2.32 bits per heavy atom. The van der Waals surface area contributed by atoms with E-state index in [4.69, 9.17) is 0 Å². The molecule has 0 unspecified atom stereocenters. The Morgan fingerprint density at radius 2 is 1.74 bits per heavy atom. The Labute approximate surface area is 183 Å². The molecule has 0 atom stereocenters. The first kappa shape index (κ1) is 21.8. The lowest BCUT2D eigenvalue weighted by molar-refractivity contribution is -0.112. The van der Waals surface area contributed by atoms with E-state index in [-0.39, 0.29) is 16.9 Å². The van der Waals surface area contributed by atoms with Gasteiger partial charge in [0.05, 0.1) is 0 Å². The minimum Gasteiger partial charge on any atom is -0.347 e. The average molecular weight is 415 g/mol. The Hall–Kier alpha value is -3.85. The number of nitriles is 1. The van der Waals surface area contributed by atoms with Gasteiger partial charge in [-0.3, -0.25) is 9.59 Å². The number of likely N-dealkylation sites (N-methyl/N-ethyl adjacent to an activating group) is 1. The quantitative estimate of drug-likeness (QED) is 0.604. The monoisotopic (exact) mass is 414 g/mol. The Bertz CT molecular complexity index is 1120. The highest BCUT2D eigenvalue weighted by Crippen LogP contribution is 2.46. The van der Waals surface area contributed by atoms with Gasteiger partial charge >= 0.3 is 0 Å². The van der Waals surface area contributed by atoms with E-state index in [9.17, 15) is 14.9 Å². The highest BCUT2D eigenvalue weighted by atomic mass is 16.2. The molecule has 0 saturated heterocycles. The summed E-state index contributed by atoms with van der Waals surface area (Å²) >= 11 is 0. The number of para-hydroxylation sites is 1. The molecule has 0 radical (unpaired) electrons. The van der Waals surface area contributed by atoms with Crippen LogP contribution in [0.4, 0.5) is 11.4 Å². The zero-order valence-corrected chi connectivity index (χ0v) is 18.4. The van der Waals surface area contributed by atoms with E-state index in [0.29, 0.717) is 11.3 Å². The van der Waals surface area contributed by atoms with Gasteiger partial charge in [-0.1, -0.05) is 32.0 Å². The van der Waals surface area contributed by atoms with Crippen molar-refractivity contribution in [2.75, 3.05) is 31.4 Å². The summed E-state index contributed by atoms with van der Waals surface area (Å²) in [4.78, 5) is 28.2. The number of rotatable bonds is 4. The van der Waals surface area contributed by atoms with E-state index in [1.807, 2.05) is 31.3 Å². The topological polar surface area (TPSA) is 76.4 Å². The first-order valence-electron chi connectivity index (χ1n) is 9.95. The standard InChI is InChI=1S/C25H26N4O2/c1-25(2)20-8-6-7-9-21(20)29(5)22(25)15-12-18(16-26)23(30)27-19-13-10-17(11-14-19)24(31)28(3)4/h6-15H,1-5H3,(H,27,30)/b18-12+,22-15+. The lowest BCUT2D eigenvalue weighted by Crippen LogP contribution is -2.23. The van der Waals surface area contributed by atoms with Crippen molar-refractivity contribution in [2.24, 2.45) is 0 Å². The number of fused-ring (bicyclic) bond motifs is 1. The number of nitrogens with zero attached hydrogens (tertiary/aromatic N) is 3. The predicted octanol–water partition coefficient (Wildman–Crippen LogP) is 4.09. The molecule has 2 aromatic rings. The van der Waals surface area contributed by atoms with Crippen LogP contribution < -0.4 is 10.2 Å². The van der Waals surface area contributed by atoms with E-state index in [1.165, 1.54) is 10.5 Å². The zero-order chi connectivity index (χ0) is 22.8. The molecule has 6 nitrogen and oxygen atoms in total. The molecule has 3 rings (SSSR count). The van der Waals surface area contributed by atoms with Crippen LogP contribution in [0.3, 0.4) is 0 Å². The Morgan fingerprint density at radius 1 is 1.10 bits per heavy atom. The number of nitrogens with one attached hydrogen (secondary N) is 1. The van der Waals surface area contributed by atoms with Crippen LogP contribution in [0.1, 0.15) is 29.8 Å².